The maximum absolute atomic E-state index is 13.1. The summed E-state index contributed by atoms with van der Waals surface area (Å²) in [6, 6.07) is 12.0. The number of amides is 2. The minimum absolute atomic E-state index is 0.243. The van der Waals surface area contributed by atoms with Crippen LogP contribution in [0, 0.1) is 26.6 Å². The molecule has 0 radical (unpaired) electrons. The Bertz CT molecular complexity index is 1170. The van der Waals surface area contributed by atoms with Crippen molar-refractivity contribution in [3.8, 4) is 11.3 Å². The van der Waals surface area contributed by atoms with Crippen LogP contribution in [0.25, 0.3) is 16.2 Å². The molecule has 0 aliphatic carbocycles. The number of halogens is 1. The molecular weight excluding hydrogens is 387 g/mol. The molecule has 5 nitrogen and oxygen atoms in total. The van der Waals surface area contributed by atoms with E-state index in [1.165, 1.54) is 23.5 Å². The number of nitrogens with zero attached hydrogens (tertiary/aromatic N) is 2. The highest BCUT2D eigenvalue weighted by atomic mass is 32.1. The monoisotopic (exact) mass is 408 g/mol. The Kier molecular flexibility index (Phi) is 5.07. The molecule has 148 valence electrons. The second-order valence-electron chi connectivity index (χ2n) is 7.08. The molecule has 0 aliphatic rings. The van der Waals surface area contributed by atoms with Crippen LogP contribution in [0.2, 0.25) is 0 Å². The number of aromatic nitrogens is 2. The highest BCUT2D eigenvalue weighted by Crippen LogP contribution is 2.27. The number of anilines is 1. The standard InChI is InChI=1S/C22H21FN4OS/c1-13-8-14(2)10-18(9-13)25-21(28)24-11-20-15(3)27-12-19(26-22(27)29-20)16-4-6-17(23)7-5-16/h4-10,12H,11H2,1-3H3,(H2,24,25,28). The predicted octanol–water partition coefficient (Wildman–Crippen LogP) is 5.45. The number of carbonyl (C=O) groups excluding carboxylic acids is 1. The number of thiazole rings is 1. The lowest BCUT2D eigenvalue weighted by atomic mass is 10.1. The van der Waals surface area contributed by atoms with Gasteiger partial charge in [0.15, 0.2) is 4.96 Å². The van der Waals surface area contributed by atoms with Crippen molar-refractivity contribution in [2.24, 2.45) is 0 Å². The van der Waals surface area contributed by atoms with Gasteiger partial charge in [0.25, 0.3) is 0 Å². The van der Waals surface area contributed by atoms with Gasteiger partial charge >= 0.3 is 6.03 Å². The number of rotatable bonds is 4. The van der Waals surface area contributed by atoms with Crippen LogP contribution >= 0.6 is 11.3 Å². The predicted molar refractivity (Wildman–Crippen MR) is 115 cm³/mol. The smallest absolute Gasteiger partial charge is 0.319 e. The van der Waals surface area contributed by atoms with Gasteiger partial charge in [-0.2, -0.15) is 0 Å². The number of carbonyl (C=O) groups is 1. The molecule has 2 aromatic carbocycles. The Labute approximate surface area is 172 Å². The summed E-state index contributed by atoms with van der Waals surface area (Å²) in [4.78, 5) is 18.8. The van der Waals surface area contributed by atoms with Gasteiger partial charge in [-0.3, -0.25) is 4.40 Å². The molecule has 0 saturated carbocycles. The summed E-state index contributed by atoms with van der Waals surface area (Å²) in [5, 5.41) is 5.79. The fraction of sp³-hybridized carbons (Fsp3) is 0.182. The van der Waals surface area contributed by atoms with Gasteiger partial charge in [0.2, 0.25) is 0 Å². The third-order valence-electron chi connectivity index (χ3n) is 4.68. The van der Waals surface area contributed by atoms with E-state index in [2.05, 4.69) is 21.7 Å². The number of hydrogen-bond acceptors (Lipinski definition) is 3. The van der Waals surface area contributed by atoms with Crippen LogP contribution in [-0.4, -0.2) is 15.4 Å². The van der Waals surface area contributed by atoms with Crippen molar-refractivity contribution in [1.82, 2.24) is 14.7 Å². The molecule has 0 bridgehead atoms. The Morgan fingerprint density at radius 1 is 1.10 bits per heavy atom. The van der Waals surface area contributed by atoms with Crippen molar-refractivity contribution in [1.29, 1.82) is 0 Å². The zero-order valence-corrected chi connectivity index (χ0v) is 17.2. The summed E-state index contributed by atoms with van der Waals surface area (Å²) in [6.45, 7) is 6.42. The highest BCUT2D eigenvalue weighted by Gasteiger charge is 2.13. The van der Waals surface area contributed by atoms with E-state index in [1.54, 1.807) is 12.1 Å². The minimum Gasteiger partial charge on any atom is -0.333 e. The fourth-order valence-corrected chi connectivity index (χ4v) is 4.34. The van der Waals surface area contributed by atoms with Gasteiger partial charge in [0.05, 0.1) is 12.2 Å². The normalized spacial score (nSPS) is 11.0. The quantitative estimate of drug-likeness (QED) is 0.472. The van der Waals surface area contributed by atoms with Gasteiger partial charge in [0, 0.05) is 28.0 Å². The van der Waals surface area contributed by atoms with Crippen molar-refractivity contribution in [3.63, 3.8) is 0 Å². The molecule has 0 aliphatic heterocycles. The average molecular weight is 409 g/mol. The summed E-state index contributed by atoms with van der Waals surface area (Å²) in [6.07, 6.45) is 1.94. The third kappa shape index (κ3) is 4.14. The third-order valence-corrected chi connectivity index (χ3v) is 5.84. The molecule has 2 aromatic heterocycles. The van der Waals surface area contributed by atoms with Crippen LogP contribution < -0.4 is 10.6 Å². The first-order valence-electron chi connectivity index (χ1n) is 9.25. The van der Waals surface area contributed by atoms with E-state index >= 15 is 0 Å². The molecule has 2 heterocycles. The zero-order valence-electron chi connectivity index (χ0n) is 16.4. The molecule has 29 heavy (non-hydrogen) atoms. The lowest BCUT2D eigenvalue weighted by Gasteiger charge is -2.09. The van der Waals surface area contributed by atoms with E-state index in [-0.39, 0.29) is 11.8 Å². The zero-order chi connectivity index (χ0) is 20.5. The van der Waals surface area contributed by atoms with Crippen molar-refractivity contribution >= 4 is 28.0 Å². The Morgan fingerprint density at radius 3 is 2.45 bits per heavy atom. The van der Waals surface area contributed by atoms with Crippen LogP contribution in [0.3, 0.4) is 0 Å². The van der Waals surface area contributed by atoms with Crippen LogP contribution in [0.15, 0.2) is 48.7 Å². The summed E-state index contributed by atoms with van der Waals surface area (Å²) in [5.74, 6) is -0.265. The number of hydrogen-bond donors (Lipinski definition) is 2. The molecule has 4 rings (SSSR count). The fourth-order valence-electron chi connectivity index (χ4n) is 3.30. The molecule has 0 fully saturated rings. The molecule has 0 unspecified atom stereocenters. The van der Waals surface area contributed by atoms with Crippen LogP contribution in [-0.2, 0) is 6.54 Å². The maximum atomic E-state index is 13.1. The van der Waals surface area contributed by atoms with Gasteiger partial charge < -0.3 is 10.6 Å². The Hall–Kier alpha value is -3.19. The number of aryl methyl sites for hydroxylation is 3. The number of urea groups is 1. The Balaban J connectivity index is 1.45. The first-order chi connectivity index (χ1) is 13.9. The van der Waals surface area contributed by atoms with Crippen molar-refractivity contribution in [3.05, 3.63) is 76.2 Å². The molecule has 2 N–H and O–H groups in total. The molecular formula is C22H21FN4OS. The van der Waals surface area contributed by atoms with Gasteiger partial charge in [-0.25, -0.2) is 14.2 Å². The maximum Gasteiger partial charge on any atom is 0.319 e. The first kappa shape index (κ1) is 19.1. The van der Waals surface area contributed by atoms with Gasteiger partial charge in [0.1, 0.15) is 5.82 Å². The van der Waals surface area contributed by atoms with Crippen molar-refractivity contribution in [2.75, 3.05) is 5.32 Å². The van der Waals surface area contributed by atoms with Gasteiger partial charge in [-0.1, -0.05) is 17.4 Å². The molecule has 4 aromatic rings. The van der Waals surface area contributed by atoms with Gasteiger partial charge in [-0.15, -0.1) is 0 Å². The topological polar surface area (TPSA) is 58.4 Å². The van der Waals surface area contributed by atoms with Gasteiger partial charge in [-0.05, 0) is 68.3 Å². The number of imidazole rings is 1. The van der Waals surface area contributed by atoms with Crippen LogP contribution in [0.5, 0.6) is 0 Å². The van der Waals surface area contributed by atoms with E-state index < -0.39 is 0 Å². The van der Waals surface area contributed by atoms with E-state index in [0.717, 1.165) is 43.6 Å². The largest absolute Gasteiger partial charge is 0.333 e. The lowest BCUT2D eigenvalue weighted by molar-refractivity contribution is 0.252. The highest BCUT2D eigenvalue weighted by molar-refractivity contribution is 7.17. The summed E-state index contributed by atoms with van der Waals surface area (Å²) in [5.41, 5.74) is 5.68. The van der Waals surface area contributed by atoms with E-state index in [9.17, 15) is 9.18 Å². The minimum atomic E-state index is -0.265. The van der Waals surface area contributed by atoms with E-state index in [4.69, 9.17) is 0 Å². The van der Waals surface area contributed by atoms with Crippen LogP contribution in [0.1, 0.15) is 21.7 Å². The van der Waals surface area contributed by atoms with Crippen molar-refractivity contribution < 1.29 is 9.18 Å². The molecule has 7 heteroatoms. The summed E-state index contributed by atoms with van der Waals surface area (Å²) >= 11 is 1.53. The summed E-state index contributed by atoms with van der Waals surface area (Å²) < 4.78 is 15.1. The molecule has 0 atom stereocenters. The second kappa shape index (κ2) is 7.67. The Morgan fingerprint density at radius 2 is 1.79 bits per heavy atom. The number of nitrogens with one attached hydrogen (secondary N) is 2. The van der Waals surface area contributed by atoms with E-state index in [0.29, 0.717) is 6.54 Å². The summed E-state index contributed by atoms with van der Waals surface area (Å²) in [7, 11) is 0. The SMILES string of the molecule is Cc1cc(C)cc(NC(=O)NCc2sc3nc(-c4ccc(F)cc4)cn3c2C)c1. The van der Waals surface area contributed by atoms with Crippen LogP contribution in [0.4, 0.5) is 14.9 Å². The second-order valence-corrected chi connectivity index (χ2v) is 8.14. The molecule has 0 saturated heterocycles. The lowest BCUT2D eigenvalue weighted by Crippen LogP contribution is -2.28. The molecule has 0 spiro atoms. The number of fused-ring (bicyclic) bond motifs is 1. The van der Waals surface area contributed by atoms with E-state index in [1.807, 2.05) is 43.5 Å². The van der Waals surface area contributed by atoms with Crippen molar-refractivity contribution in [2.45, 2.75) is 27.3 Å². The molecule has 2 amide bonds. The first-order valence-corrected chi connectivity index (χ1v) is 10.1. The number of benzene rings is 2. The average Bonchev–Trinajstić information content (AvgIpc) is 3.19.